The highest BCUT2D eigenvalue weighted by molar-refractivity contribution is 7.08. The highest BCUT2D eigenvalue weighted by Crippen LogP contribution is 2.33. The van der Waals surface area contributed by atoms with Gasteiger partial charge in [0.05, 0.1) is 18.2 Å². The van der Waals surface area contributed by atoms with Crippen molar-refractivity contribution >= 4 is 29.4 Å². The van der Waals surface area contributed by atoms with Gasteiger partial charge < -0.3 is 20.3 Å². The molecule has 10 heteroatoms. The average molecular weight is 492 g/mol. The lowest BCUT2D eigenvalue weighted by Crippen LogP contribution is -2.51. The zero-order chi connectivity index (χ0) is 24.9. The predicted molar refractivity (Wildman–Crippen MR) is 133 cm³/mol. The first-order valence-electron chi connectivity index (χ1n) is 11.9. The number of carbonyl (C=O) groups excluding carboxylic acids is 3. The van der Waals surface area contributed by atoms with E-state index in [4.69, 9.17) is 4.74 Å². The number of esters is 1. The van der Waals surface area contributed by atoms with Gasteiger partial charge >= 0.3 is 18.0 Å². The van der Waals surface area contributed by atoms with Crippen LogP contribution in [0.2, 0.25) is 0 Å². The monoisotopic (exact) mass is 491 g/mol. The van der Waals surface area contributed by atoms with Crippen LogP contribution >= 0.6 is 11.3 Å². The van der Waals surface area contributed by atoms with Crippen molar-refractivity contribution in [3.8, 4) is 0 Å². The van der Waals surface area contributed by atoms with E-state index >= 15 is 0 Å². The van der Waals surface area contributed by atoms with Crippen LogP contribution in [0, 0.1) is 0 Å². The van der Waals surface area contributed by atoms with Crippen LogP contribution in [0.1, 0.15) is 52.6 Å². The van der Waals surface area contributed by atoms with E-state index in [2.05, 4.69) is 15.5 Å². The van der Waals surface area contributed by atoms with Crippen molar-refractivity contribution in [2.45, 2.75) is 52.6 Å². The Morgan fingerprint density at radius 3 is 2.59 bits per heavy atom. The van der Waals surface area contributed by atoms with E-state index in [1.165, 1.54) is 11.3 Å². The number of amides is 4. The molecule has 4 amide bonds. The number of carbonyl (C=O) groups is 3. The summed E-state index contributed by atoms with van der Waals surface area (Å²) in [6.45, 7) is 13.4. The van der Waals surface area contributed by atoms with E-state index in [9.17, 15) is 14.4 Å². The Labute approximate surface area is 206 Å². The van der Waals surface area contributed by atoms with Gasteiger partial charge in [-0.25, -0.2) is 14.4 Å². The molecule has 1 aromatic heterocycles. The largest absolute Gasteiger partial charge is 0.463 e. The zero-order valence-corrected chi connectivity index (χ0v) is 21.7. The quantitative estimate of drug-likeness (QED) is 0.596. The minimum atomic E-state index is -0.545. The smallest absolute Gasteiger partial charge is 0.338 e. The average Bonchev–Trinajstić information content (AvgIpc) is 3.19. The van der Waals surface area contributed by atoms with Crippen LogP contribution < -0.4 is 10.6 Å². The second-order valence-corrected chi connectivity index (χ2v) is 10.3. The summed E-state index contributed by atoms with van der Waals surface area (Å²) in [4.78, 5) is 44.5. The van der Waals surface area contributed by atoms with Crippen molar-refractivity contribution in [2.75, 3.05) is 45.9 Å². The van der Waals surface area contributed by atoms with Gasteiger partial charge in [0.15, 0.2) is 0 Å². The number of hydrogen-bond acceptors (Lipinski definition) is 6. The van der Waals surface area contributed by atoms with Crippen molar-refractivity contribution in [1.82, 2.24) is 25.3 Å². The van der Waals surface area contributed by atoms with Crippen molar-refractivity contribution in [1.29, 1.82) is 0 Å². The summed E-state index contributed by atoms with van der Waals surface area (Å²) in [6.07, 6.45) is 0.811. The molecule has 2 N–H and O–H groups in total. The van der Waals surface area contributed by atoms with Crippen LogP contribution in [0.25, 0.3) is 0 Å². The Hall–Kier alpha value is -2.59. The van der Waals surface area contributed by atoms with E-state index in [0.29, 0.717) is 44.0 Å². The van der Waals surface area contributed by atoms with Gasteiger partial charge in [-0.3, -0.25) is 9.80 Å². The molecule has 1 saturated heterocycles. The van der Waals surface area contributed by atoms with Crippen molar-refractivity contribution in [3.05, 3.63) is 33.7 Å². The minimum absolute atomic E-state index is 0.0643. The molecule has 0 bridgehead atoms. The highest BCUT2D eigenvalue weighted by Gasteiger charge is 2.38. The highest BCUT2D eigenvalue weighted by atomic mass is 32.1. The molecule has 1 fully saturated rings. The summed E-state index contributed by atoms with van der Waals surface area (Å²) in [7, 11) is 0. The van der Waals surface area contributed by atoms with E-state index in [-0.39, 0.29) is 24.2 Å². The molecule has 0 aromatic carbocycles. The number of nitrogens with zero attached hydrogens (tertiary/aromatic N) is 3. The van der Waals surface area contributed by atoms with Gasteiger partial charge in [0.25, 0.3) is 0 Å². The standard InChI is InChI=1S/C24H37N5O4S/c1-6-29-18(15-27-10-8-11-28(13-12-27)23(32)26-24(3,4)5)19(21(30)33-7-2)20(25-22(29)31)17-9-14-34-16-17/h9,14,16,20H,6-8,10-13,15H2,1-5H3,(H,25,31)(H,26,32). The fraction of sp³-hybridized carbons (Fsp3) is 0.625. The molecule has 2 aliphatic rings. The molecule has 0 spiro atoms. The SMILES string of the molecule is CCOC(=O)C1=C(CN2CCCN(C(=O)NC(C)(C)C)CC2)N(CC)C(=O)NC1c1ccsc1. The molecule has 9 nitrogen and oxygen atoms in total. The van der Waals surface area contributed by atoms with E-state index in [1.807, 2.05) is 49.4 Å². The Morgan fingerprint density at radius 1 is 1.21 bits per heavy atom. The molecule has 188 valence electrons. The molecular weight excluding hydrogens is 454 g/mol. The summed E-state index contributed by atoms with van der Waals surface area (Å²) in [5.74, 6) is -0.409. The molecule has 3 heterocycles. The van der Waals surface area contributed by atoms with E-state index in [0.717, 1.165) is 18.5 Å². The third kappa shape index (κ3) is 6.29. The normalized spacial score (nSPS) is 20.1. The van der Waals surface area contributed by atoms with Gasteiger partial charge in [-0.2, -0.15) is 11.3 Å². The van der Waals surface area contributed by atoms with Crippen LogP contribution in [0.4, 0.5) is 9.59 Å². The number of thiophene rings is 1. The van der Waals surface area contributed by atoms with E-state index < -0.39 is 12.0 Å². The fourth-order valence-corrected chi connectivity index (χ4v) is 4.98. The van der Waals surface area contributed by atoms with Crippen molar-refractivity contribution in [3.63, 3.8) is 0 Å². The first-order chi connectivity index (χ1) is 16.1. The first kappa shape index (κ1) is 26.0. The zero-order valence-electron chi connectivity index (χ0n) is 20.8. The van der Waals surface area contributed by atoms with Crippen molar-refractivity contribution in [2.24, 2.45) is 0 Å². The number of hydrogen-bond donors (Lipinski definition) is 2. The lowest BCUT2D eigenvalue weighted by Gasteiger charge is -2.37. The molecule has 0 radical (unpaired) electrons. The summed E-state index contributed by atoms with van der Waals surface area (Å²) < 4.78 is 5.43. The molecule has 0 aliphatic carbocycles. The second kappa shape index (κ2) is 11.2. The fourth-order valence-electron chi connectivity index (χ4n) is 4.29. The van der Waals surface area contributed by atoms with Gasteiger partial charge in [0.2, 0.25) is 0 Å². The topological polar surface area (TPSA) is 94.2 Å². The summed E-state index contributed by atoms with van der Waals surface area (Å²) in [5.41, 5.74) is 1.73. The predicted octanol–water partition coefficient (Wildman–Crippen LogP) is 3.17. The maximum absolute atomic E-state index is 13.1. The molecule has 1 atom stereocenters. The number of ether oxygens (including phenoxy) is 1. The minimum Gasteiger partial charge on any atom is -0.463 e. The van der Waals surface area contributed by atoms with Crippen LogP contribution in [0.5, 0.6) is 0 Å². The molecule has 0 saturated carbocycles. The third-order valence-corrected chi connectivity index (χ3v) is 6.56. The number of nitrogens with one attached hydrogen (secondary N) is 2. The molecule has 1 aromatic rings. The van der Waals surface area contributed by atoms with Crippen LogP contribution in [0.15, 0.2) is 28.1 Å². The molecule has 2 aliphatic heterocycles. The van der Waals surface area contributed by atoms with Gasteiger partial charge in [0, 0.05) is 50.5 Å². The molecule has 1 unspecified atom stereocenters. The molecular formula is C24H37N5O4S. The lowest BCUT2D eigenvalue weighted by molar-refractivity contribution is -0.139. The maximum Gasteiger partial charge on any atom is 0.338 e. The summed E-state index contributed by atoms with van der Waals surface area (Å²) >= 11 is 1.52. The second-order valence-electron chi connectivity index (χ2n) is 9.56. The van der Waals surface area contributed by atoms with Crippen molar-refractivity contribution < 1.29 is 19.1 Å². The Balaban J connectivity index is 1.87. The number of rotatable bonds is 6. The molecule has 34 heavy (non-hydrogen) atoms. The van der Waals surface area contributed by atoms with E-state index in [1.54, 1.807) is 11.8 Å². The van der Waals surface area contributed by atoms with Gasteiger partial charge in [-0.15, -0.1) is 0 Å². The Morgan fingerprint density at radius 2 is 1.97 bits per heavy atom. The van der Waals surface area contributed by atoms with Gasteiger partial charge in [-0.05, 0) is 63.4 Å². The number of likely N-dealkylation sites (N-methyl/N-ethyl adjacent to an activating group) is 1. The van der Waals surface area contributed by atoms with Crippen LogP contribution in [0.3, 0.4) is 0 Å². The Bertz CT molecular complexity index is 909. The van der Waals surface area contributed by atoms with Gasteiger partial charge in [-0.1, -0.05) is 0 Å². The van der Waals surface area contributed by atoms with Crippen LogP contribution in [-0.4, -0.2) is 84.1 Å². The summed E-state index contributed by atoms with van der Waals surface area (Å²) in [5, 5.41) is 9.90. The van der Waals surface area contributed by atoms with Crippen LogP contribution in [-0.2, 0) is 9.53 Å². The third-order valence-electron chi connectivity index (χ3n) is 5.86. The maximum atomic E-state index is 13.1. The number of urea groups is 2. The first-order valence-corrected chi connectivity index (χ1v) is 12.9. The molecule has 3 rings (SSSR count). The summed E-state index contributed by atoms with van der Waals surface area (Å²) in [6, 6.07) is 1.09. The lowest BCUT2D eigenvalue weighted by atomic mass is 9.96. The van der Waals surface area contributed by atoms with Gasteiger partial charge in [0.1, 0.15) is 0 Å². The Kier molecular flexibility index (Phi) is 8.59.